The molecule has 0 bridgehead atoms. The lowest BCUT2D eigenvalue weighted by Gasteiger charge is -2.23. The molecule has 1 heterocycles. The number of nitrogens with one attached hydrogen (secondary N) is 1. The summed E-state index contributed by atoms with van der Waals surface area (Å²) in [6.07, 6.45) is 22.5. The molecule has 1 unspecified atom stereocenters. The molecular weight excluding hydrogens is 230 g/mol. The van der Waals surface area contributed by atoms with Crippen LogP contribution in [0.15, 0.2) is 11.8 Å². The first-order chi connectivity index (χ1) is 9.47. The monoisotopic (exact) mass is 263 g/mol. The van der Waals surface area contributed by atoms with E-state index in [0.717, 1.165) is 5.92 Å². The van der Waals surface area contributed by atoms with Crippen LogP contribution in [0, 0.1) is 5.92 Å². The Kier molecular flexibility index (Phi) is 7.43. The fourth-order valence-electron chi connectivity index (χ4n) is 3.62. The summed E-state index contributed by atoms with van der Waals surface area (Å²) in [6, 6.07) is 0. The molecule has 1 atom stereocenters. The Morgan fingerprint density at radius 1 is 0.684 bits per heavy atom. The van der Waals surface area contributed by atoms with E-state index in [0.29, 0.717) is 0 Å². The second-order valence-corrected chi connectivity index (χ2v) is 6.54. The second kappa shape index (κ2) is 9.44. The van der Waals surface area contributed by atoms with Gasteiger partial charge in [-0.2, -0.15) is 0 Å². The first-order valence-corrected chi connectivity index (χ1v) is 8.91. The van der Waals surface area contributed by atoms with Crippen molar-refractivity contribution in [3.8, 4) is 0 Å². The Morgan fingerprint density at radius 3 is 2.00 bits per heavy atom. The molecule has 1 heteroatoms. The Labute approximate surface area is 120 Å². The quantitative estimate of drug-likeness (QED) is 0.603. The number of hydrogen-bond acceptors (Lipinski definition) is 1. The van der Waals surface area contributed by atoms with Crippen LogP contribution in [0.3, 0.4) is 0 Å². The molecule has 0 aromatic rings. The smallest absolute Gasteiger partial charge is 0.0143 e. The third-order valence-electron chi connectivity index (χ3n) is 4.87. The van der Waals surface area contributed by atoms with Crippen LogP contribution in [0.5, 0.6) is 0 Å². The van der Waals surface area contributed by atoms with Crippen LogP contribution in [-0.2, 0) is 0 Å². The maximum Gasteiger partial charge on any atom is 0.0143 e. The molecule has 0 aromatic carbocycles. The molecule has 1 fully saturated rings. The van der Waals surface area contributed by atoms with E-state index in [2.05, 4.69) is 11.4 Å². The summed E-state index contributed by atoms with van der Waals surface area (Å²) in [5.74, 6) is 0.844. The van der Waals surface area contributed by atoms with Gasteiger partial charge in [-0.15, -0.1) is 0 Å². The van der Waals surface area contributed by atoms with E-state index in [1.165, 1.54) is 96.4 Å². The van der Waals surface area contributed by atoms with Gasteiger partial charge < -0.3 is 5.32 Å². The van der Waals surface area contributed by atoms with Crippen LogP contribution in [0.25, 0.3) is 0 Å². The highest BCUT2D eigenvalue weighted by atomic mass is 14.9. The molecule has 19 heavy (non-hydrogen) atoms. The lowest BCUT2D eigenvalue weighted by atomic mass is 9.89. The fraction of sp³-hybridized carbons (Fsp3) is 0.889. The number of hydrogen-bond donors (Lipinski definition) is 1. The van der Waals surface area contributed by atoms with E-state index in [4.69, 9.17) is 0 Å². The van der Waals surface area contributed by atoms with E-state index in [9.17, 15) is 0 Å². The molecule has 0 radical (unpaired) electrons. The van der Waals surface area contributed by atoms with Crippen molar-refractivity contribution in [2.24, 2.45) is 5.92 Å². The van der Waals surface area contributed by atoms with Crippen molar-refractivity contribution in [1.82, 2.24) is 5.32 Å². The molecule has 1 saturated heterocycles. The molecule has 1 aliphatic heterocycles. The normalized spacial score (nSPS) is 28.2. The highest BCUT2D eigenvalue weighted by Crippen LogP contribution is 2.27. The van der Waals surface area contributed by atoms with Crippen molar-refractivity contribution in [2.45, 2.75) is 89.9 Å². The van der Waals surface area contributed by atoms with Gasteiger partial charge in [0.05, 0.1) is 0 Å². The van der Waals surface area contributed by atoms with Crippen molar-refractivity contribution < 1.29 is 0 Å². The largest absolute Gasteiger partial charge is 0.388 e. The second-order valence-electron chi connectivity index (χ2n) is 6.54. The van der Waals surface area contributed by atoms with Gasteiger partial charge in [-0.25, -0.2) is 0 Å². The molecule has 1 N–H and O–H groups in total. The van der Waals surface area contributed by atoms with Gasteiger partial charge in [0.2, 0.25) is 0 Å². The Morgan fingerprint density at radius 2 is 1.26 bits per heavy atom. The first kappa shape index (κ1) is 14.9. The summed E-state index contributed by atoms with van der Waals surface area (Å²) in [6.45, 7) is 1.21. The zero-order chi connectivity index (χ0) is 13.2. The standard InChI is InChI=1S/C18H33N/c1-2-7-11-15-18-17(13-9-5-1)14-10-6-3-4-8-12-16-19-18/h15,17,19H,1-14,16H2. The molecular formula is C18H33N. The minimum atomic E-state index is 0.844. The average molecular weight is 263 g/mol. The van der Waals surface area contributed by atoms with Crippen molar-refractivity contribution >= 4 is 0 Å². The number of rotatable bonds is 0. The van der Waals surface area contributed by atoms with Crippen molar-refractivity contribution in [2.75, 3.05) is 6.54 Å². The van der Waals surface area contributed by atoms with Gasteiger partial charge in [-0.05, 0) is 38.0 Å². The Hall–Kier alpha value is -0.460. The predicted molar refractivity (Wildman–Crippen MR) is 84.2 cm³/mol. The predicted octanol–water partition coefficient (Wildman–Crippen LogP) is 5.56. The van der Waals surface area contributed by atoms with Crippen LogP contribution < -0.4 is 5.32 Å². The highest BCUT2D eigenvalue weighted by molar-refractivity contribution is 5.05. The number of fused-ring (bicyclic) bond motifs is 1. The van der Waals surface area contributed by atoms with Gasteiger partial charge in [0, 0.05) is 12.2 Å². The molecule has 0 amide bonds. The Bertz CT molecular complexity index is 256. The molecule has 1 aliphatic carbocycles. The summed E-state index contributed by atoms with van der Waals surface area (Å²) in [7, 11) is 0. The molecule has 110 valence electrons. The maximum atomic E-state index is 3.80. The van der Waals surface area contributed by atoms with Crippen LogP contribution in [0.4, 0.5) is 0 Å². The van der Waals surface area contributed by atoms with E-state index in [1.807, 2.05) is 0 Å². The van der Waals surface area contributed by atoms with Gasteiger partial charge in [0.1, 0.15) is 0 Å². The fourth-order valence-corrected chi connectivity index (χ4v) is 3.62. The summed E-state index contributed by atoms with van der Waals surface area (Å²) in [5.41, 5.74) is 1.61. The lowest BCUT2D eigenvalue weighted by molar-refractivity contribution is 0.429. The number of allylic oxidation sites excluding steroid dienone is 2. The molecule has 2 rings (SSSR count). The van der Waals surface area contributed by atoms with Crippen LogP contribution in [-0.4, -0.2) is 6.54 Å². The molecule has 0 saturated carbocycles. The van der Waals surface area contributed by atoms with Crippen LogP contribution in [0.2, 0.25) is 0 Å². The van der Waals surface area contributed by atoms with Gasteiger partial charge in [0.25, 0.3) is 0 Å². The minimum absolute atomic E-state index is 0.844. The van der Waals surface area contributed by atoms with Crippen LogP contribution >= 0.6 is 0 Å². The van der Waals surface area contributed by atoms with Gasteiger partial charge >= 0.3 is 0 Å². The van der Waals surface area contributed by atoms with E-state index >= 15 is 0 Å². The zero-order valence-electron chi connectivity index (χ0n) is 12.8. The van der Waals surface area contributed by atoms with E-state index < -0.39 is 0 Å². The third-order valence-corrected chi connectivity index (χ3v) is 4.87. The molecule has 2 aliphatic rings. The van der Waals surface area contributed by atoms with Crippen molar-refractivity contribution in [1.29, 1.82) is 0 Å². The molecule has 1 nitrogen and oxygen atoms in total. The first-order valence-electron chi connectivity index (χ1n) is 8.91. The minimum Gasteiger partial charge on any atom is -0.388 e. The van der Waals surface area contributed by atoms with Gasteiger partial charge in [-0.3, -0.25) is 0 Å². The van der Waals surface area contributed by atoms with Gasteiger partial charge in [0.15, 0.2) is 0 Å². The van der Waals surface area contributed by atoms with Crippen LogP contribution in [0.1, 0.15) is 89.9 Å². The lowest BCUT2D eigenvalue weighted by Crippen LogP contribution is -2.22. The van der Waals surface area contributed by atoms with Crippen molar-refractivity contribution in [3.05, 3.63) is 11.8 Å². The summed E-state index contributed by atoms with van der Waals surface area (Å²) < 4.78 is 0. The molecule has 0 spiro atoms. The Balaban J connectivity index is 1.96. The summed E-state index contributed by atoms with van der Waals surface area (Å²) in [5, 5.41) is 3.80. The van der Waals surface area contributed by atoms with Gasteiger partial charge in [-0.1, -0.05) is 63.9 Å². The SMILES string of the molecule is C1=C2NCCCCCCCCC2CCCCCCC1. The molecule has 0 aromatic heterocycles. The third kappa shape index (κ3) is 6.01. The van der Waals surface area contributed by atoms with E-state index in [1.54, 1.807) is 5.70 Å². The summed E-state index contributed by atoms with van der Waals surface area (Å²) in [4.78, 5) is 0. The summed E-state index contributed by atoms with van der Waals surface area (Å²) >= 11 is 0. The maximum absolute atomic E-state index is 3.80. The zero-order valence-corrected chi connectivity index (χ0v) is 12.8. The van der Waals surface area contributed by atoms with Crippen molar-refractivity contribution in [3.63, 3.8) is 0 Å². The topological polar surface area (TPSA) is 12.0 Å². The average Bonchev–Trinajstić information content (AvgIpc) is 2.48. The highest BCUT2D eigenvalue weighted by Gasteiger charge is 2.15. The van der Waals surface area contributed by atoms with E-state index in [-0.39, 0.29) is 0 Å².